The lowest BCUT2D eigenvalue weighted by Gasteiger charge is -2.19. The fourth-order valence-electron chi connectivity index (χ4n) is 2.65. The van der Waals surface area contributed by atoms with E-state index in [1.54, 1.807) is 13.8 Å². The quantitative estimate of drug-likeness (QED) is 0.495. The number of anilines is 1. The van der Waals surface area contributed by atoms with Crippen molar-refractivity contribution in [1.82, 2.24) is 4.72 Å². The number of amides is 1. The van der Waals surface area contributed by atoms with E-state index in [-0.39, 0.29) is 28.3 Å². The Morgan fingerprint density at radius 3 is 2.16 bits per heavy atom. The third-order valence-electron chi connectivity index (χ3n) is 4.15. The van der Waals surface area contributed by atoms with Crippen molar-refractivity contribution in [3.05, 3.63) is 41.5 Å². The zero-order valence-corrected chi connectivity index (χ0v) is 18.8. The molecule has 1 amide bonds. The normalized spacial score (nSPS) is 11.8. The van der Waals surface area contributed by atoms with Gasteiger partial charge in [0, 0.05) is 18.3 Å². The molecule has 31 heavy (non-hydrogen) atoms. The molecule has 0 fully saturated rings. The molecule has 4 N–H and O–H groups in total. The van der Waals surface area contributed by atoms with Gasteiger partial charge in [0.15, 0.2) is 0 Å². The molecule has 168 valence electrons. The van der Waals surface area contributed by atoms with Crippen molar-refractivity contribution in [1.29, 1.82) is 0 Å². The van der Waals surface area contributed by atoms with E-state index in [4.69, 9.17) is 9.84 Å². The molecule has 0 saturated heterocycles. The van der Waals surface area contributed by atoms with E-state index in [9.17, 15) is 23.1 Å². The van der Waals surface area contributed by atoms with Crippen LogP contribution in [0.1, 0.15) is 31.9 Å². The molecule has 0 aliphatic carbocycles. The van der Waals surface area contributed by atoms with Crippen molar-refractivity contribution >= 4 is 27.6 Å². The molecule has 2 rings (SSSR count). The molecule has 0 saturated carbocycles. The number of aromatic hydroxyl groups is 1. The molecule has 0 heterocycles. The second-order valence-corrected chi connectivity index (χ2v) is 10.1. The van der Waals surface area contributed by atoms with Gasteiger partial charge in [-0.2, -0.15) is 0 Å². The fourth-order valence-corrected chi connectivity index (χ4v) is 4.04. The highest BCUT2D eigenvalue weighted by molar-refractivity contribution is 7.89. The van der Waals surface area contributed by atoms with Crippen LogP contribution in [-0.2, 0) is 19.6 Å². The maximum absolute atomic E-state index is 12.6. The number of carbonyl (C=O) groups is 2. The predicted octanol–water partition coefficient (Wildman–Crippen LogP) is 3.15. The molecule has 2 aromatic rings. The van der Waals surface area contributed by atoms with E-state index in [2.05, 4.69) is 10.0 Å². The van der Waals surface area contributed by atoms with Crippen LogP contribution in [0.2, 0.25) is 0 Å². The van der Waals surface area contributed by atoms with Crippen LogP contribution < -0.4 is 14.8 Å². The average molecular weight is 451 g/mol. The summed E-state index contributed by atoms with van der Waals surface area (Å²) < 4.78 is 33.6. The SMILES string of the molecule is Cc1cc(NC(=O)C(=O)O)cc(C)c1Oc1ccc(O)c(S(=O)(=O)NCC(C)(C)C)c1. The Labute approximate surface area is 181 Å². The van der Waals surface area contributed by atoms with E-state index < -0.39 is 27.6 Å². The Balaban J connectivity index is 2.33. The highest BCUT2D eigenvalue weighted by Crippen LogP contribution is 2.34. The van der Waals surface area contributed by atoms with Gasteiger partial charge in [0.2, 0.25) is 10.0 Å². The topological polar surface area (TPSA) is 142 Å². The first-order valence-electron chi connectivity index (χ1n) is 9.36. The van der Waals surface area contributed by atoms with Crippen molar-refractivity contribution in [3.63, 3.8) is 0 Å². The number of phenolic OH excluding ortho intramolecular Hbond substituents is 1. The van der Waals surface area contributed by atoms with E-state index in [1.807, 2.05) is 20.8 Å². The summed E-state index contributed by atoms with van der Waals surface area (Å²) in [7, 11) is -3.97. The van der Waals surface area contributed by atoms with E-state index in [0.717, 1.165) is 0 Å². The number of phenols is 1. The van der Waals surface area contributed by atoms with Gasteiger partial charge in [-0.05, 0) is 54.7 Å². The Kier molecular flexibility index (Phi) is 6.97. The number of nitrogens with one attached hydrogen (secondary N) is 2. The number of hydrogen-bond acceptors (Lipinski definition) is 6. The number of rotatable bonds is 6. The molecule has 0 aliphatic rings. The van der Waals surface area contributed by atoms with Crippen LogP contribution in [0.5, 0.6) is 17.2 Å². The summed E-state index contributed by atoms with van der Waals surface area (Å²) in [5.41, 5.74) is 1.17. The van der Waals surface area contributed by atoms with Crippen molar-refractivity contribution in [3.8, 4) is 17.2 Å². The Hall–Kier alpha value is -3.11. The Bertz CT molecular complexity index is 1100. The largest absolute Gasteiger partial charge is 0.507 e. The number of sulfonamides is 1. The van der Waals surface area contributed by atoms with Crippen molar-refractivity contribution in [2.45, 2.75) is 39.5 Å². The van der Waals surface area contributed by atoms with E-state index in [0.29, 0.717) is 16.9 Å². The summed E-state index contributed by atoms with van der Waals surface area (Å²) >= 11 is 0. The van der Waals surface area contributed by atoms with Gasteiger partial charge in [-0.25, -0.2) is 17.9 Å². The molecule has 0 bridgehead atoms. The molecule has 0 unspecified atom stereocenters. The number of hydrogen-bond donors (Lipinski definition) is 4. The minimum atomic E-state index is -3.97. The molecular weight excluding hydrogens is 424 g/mol. The third-order valence-corrected chi connectivity index (χ3v) is 5.58. The first-order chi connectivity index (χ1) is 14.2. The van der Waals surface area contributed by atoms with E-state index >= 15 is 0 Å². The van der Waals surface area contributed by atoms with Gasteiger partial charge in [-0.15, -0.1) is 0 Å². The summed E-state index contributed by atoms with van der Waals surface area (Å²) in [6, 6.07) is 6.95. The number of aliphatic carboxylic acids is 1. The maximum atomic E-state index is 12.6. The number of carboxylic acid groups (broad SMARTS) is 1. The van der Waals surface area contributed by atoms with Gasteiger partial charge < -0.3 is 20.3 Å². The zero-order chi connectivity index (χ0) is 23.6. The van der Waals surface area contributed by atoms with Crippen LogP contribution in [0.4, 0.5) is 5.69 Å². The molecular formula is C21H26N2O7S. The third kappa shape index (κ3) is 6.43. The highest BCUT2D eigenvalue weighted by atomic mass is 32.2. The number of benzene rings is 2. The van der Waals surface area contributed by atoms with Crippen LogP contribution in [-0.4, -0.2) is 37.1 Å². The van der Waals surface area contributed by atoms with Crippen molar-refractivity contribution in [2.24, 2.45) is 5.41 Å². The van der Waals surface area contributed by atoms with Crippen molar-refractivity contribution in [2.75, 3.05) is 11.9 Å². The summed E-state index contributed by atoms with van der Waals surface area (Å²) in [4.78, 5) is 21.8. The molecule has 0 atom stereocenters. The Morgan fingerprint density at radius 2 is 1.65 bits per heavy atom. The molecule has 0 radical (unpaired) electrons. The predicted molar refractivity (Wildman–Crippen MR) is 115 cm³/mol. The van der Waals surface area contributed by atoms with Gasteiger partial charge in [-0.1, -0.05) is 20.8 Å². The van der Waals surface area contributed by atoms with E-state index in [1.165, 1.54) is 30.3 Å². The van der Waals surface area contributed by atoms with Crippen LogP contribution in [0.25, 0.3) is 0 Å². The van der Waals surface area contributed by atoms with Crippen LogP contribution in [0.15, 0.2) is 35.2 Å². The summed E-state index contributed by atoms with van der Waals surface area (Å²) in [5, 5.41) is 21.1. The second kappa shape index (κ2) is 8.94. The zero-order valence-electron chi connectivity index (χ0n) is 17.9. The van der Waals surface area contributed by atoms with Crippen LogP contribution >= 0.6 is 0 Å². The first-order valence-corrected chi connectivity index (χ1v) is 10.8. The smallest absolute Gasteiger partial charge is 0.394 e. The minimum Gasteiger partial charge on any atom is -0.507 e. The Morgan fingerprint density at radius 1 is 1.06 bits per heavy atom. The van der Waals surface area contributed by atoms with Gasteiger partial charge in [0.25, 0.3) is 0 Å². The number of carbonyl (C=O) groups excluding carboxylic acids is 1. The van der Waals surface area contributed by atoms with Crippen molar-refractivity contribution < 1.29 is 33.0 Å². The fraction of sp³-hybridized carbons (Fsp3) is 0.333. The second-order valence-electron chi connectivity index (χ2n) is 8.32. The molecule has 0 aromatic heterocycles. The molecule has 9 nitrogen and oxygen atoms in total. The van der Waals surface area contributed by atoms with Gasteiger partial charge in [0.05, 0.1) is 0 Å². The maximum Gasteiger partial charge on any atom is 0.394 e. The number of ether oxygens (including phenoxy) is 1. The number of carboxylic acids is 1. The minimum absolute atomic E-state index is 0.182. The van der Waals surface area contributed by atoms with Gasteiger partial charge in [-0.3, -0.25) is 4.79 Å². The lowest BCUT2D eigenvalue weighted by Crippen LogP contribution is -2.32. The standard InChI is InChI=1S/C21H26N2O7S/c1-12-8-14(23-19(25)20(26)27)9-13(2)18(12)30-15-6-7-16(24)17(10-15)31(28,29)22-11-21(3,4)5/h6-10,22,24H,11H2,1-5H3,(H,23,25)(H,26,27). The lowest BCUT2D eigenvalue weighted by atomic mass is 9.98. The summed E-state index contributed by atoms with van der Waals surface area (Å²) in [5.74, 6) is -2.58. The van der Waals surface area contributed by atoms with Crippen LogP contribution in [0, 0.1) is 19.3 Å². The van der Waals surface area contributed by atoms with Gasteiger partial charge >= 0.3 is 11.9 Å². The molecule has 10 heteroatoms. The van der Waals surface area contributed by atoms with Crippen LogP contribution in [0.3, 0.4) is 0 Å². The molecule has 0 spiro atoms. The average Bonchev–Trinajstić information content (AvgIpc) is 2.63. The first kappa shape index (κ1) is 24.2. The monoisotopic (exact) mass is 450 g/mol. The van der Waals surface area contributed by atoms with Gasteiger partial charge in [0.1, 0.15) is 22.1 Å². The molecule has 0 aliphatic heterocycles. The number of aryl methyl sites for hydroxylation is 2. The molecule has 2 aromatic carbocycles. The summed E-state index contributed by atoms with van der Waals surface area (Å²) in [6.45, 7) is 9.21. The lowest BCUT2D eigenvalue weighted by molar-refractivity contribution is -0.147. The highest BCUT2D eigenvalue weighted by Gasteiger charge is 2.23. The summed E-state index contributed by atoms with van der Waals surface area (Å²) in [6.07, 6.45) is 0.